The van der Waals surface area contributed by atoms with Gasteiger partial charge in [0, 0.05) is 38.4 Å². The van der Waals surface area contributed by atoms with Gasteiger partial charge in [-0.2, -0.15) is 0 Å². The van der Waals surface area contributed by atoms with Crippen molar-refractivity contribution in [3.63, 3.8) is 0 Å². The summed E-state index contributed by atoms with van der Waals surface area (Å²) in [6.07, 6.45) is 4.62. The maximum absolute atomic E-state index is 12.9. The average molecular weight is 409 g/mol. The average Bonchev–Trinajstić information content (AvgIpc) is 3.14. The van der Waals surface area contributed by atoms with Crippen LogP contribution in [0.15, 0.2) is 24.4 Å². The number of aldehydes is 1. The first-order chi connectivity index (χ1) is 14.5. The number of hydrogen-bond donors (Lipinski definition) is 0. The number of rotatable bonds is 4. The molecule has 2 aromatic heterocycles. The number of hydrogen-bond acceptors (Lipinski definition) is 7. The van der Waals surface area contributed by atoms with Gasteiger partial charge in [-0.1, -0.05) is 6.07 Å². The van der Waals surface area contributed by atoms with E-state index >= 15 is 0 Å². The van der Waals surface area contributed by atoms with Crippen molar-refractivity contribution >= 4 is 23.8 Å². The van der Waals surface area contributed by atoms with E-state index in [-0.39, 0.29) is 18.0 Å². The van der Waals surface area contributed by atoms with Gasteiger partial charge in [-0.15, -0.1) is 10.2 Å². The van der Waals surface area contributed by atoms with Crippen LogP contribution in [0.4, 0.5) is 11.6 Å². The van der Waals surface area contributed by atoms with E-state index in [4.69, 9.17) is 0 Å². The molecule has 2 atom stereocenters. The van der Waals surface area contributed by atoms with Gasteiger partial charge in [0.2, 0.25) is 0 Å². The fourth-order valence-corrected chi connectivity index (χ4v) is 4.45. The number of anilines is 2. The predicted octanol–water partition coefficient (Wildman–Crippen LogP) is 2.01. The maximum Gasteiger partial charge on any atom is 0.274 e. The van der Waals surface area contributed by atoms with Crippen LogP contribution in [0, 0.1) is 13.8 Å². The summed E-state index contributed by atoms with van der Waals surface area (Å²) in [7, 11) is 0. The van der Waals surface area contributed by atoms with Crippen molar-refractivity contribution in [3.05, 3.63) is 41.2 Å². The van der Waals surface area contributed by atoms with Crippen LogP contribution in [0.2, 0.25) is 0 Å². The monoisotopic (exact) mass is 408 g/mol. The second-order valence-corrected chi connectivity index (χ2v) is 8.25. The number of carbonyl (C=O) groups excluding carboxylic acids is 2. The molecule has 8 heteroatoms. The van der Waals surface area contributed by atoms with Crippen LogP contribution in [0.5, 0.6) is 0 Å². The first-order valence-electron chi connectivity index (χ1n) is 10.5. The van der Waals surface area contributed by atoms with Gasteiger partial charge < -0.3 is 19.5 Å². The highest BCUT2D eigenvalue weighted by molar-refractivity contribution is 5.92. The zero-order chi connectivity index (χ0) is 21.3. The summed E-state index contributed by atoms with van der Waals surface area (Å²) in [5.41, 5.74) is 2.64. The molecule has 0 aromatic carbocycles. The van der Waals surface area contributed by atoms with Crippen LogP contribution >= 0.6 is 0 Å². The van der Waals surface area contributed by atoms with E-state index in [2.05, 4.69) is 40.0 Å². The Morgan fingerprint density at radius 2 is 1.87 bits per heavy atom. The molecule has 0 saturated carbocycles. The summed E-state index contributed by atoms with van der Waals surface area (Å²) in [5, 5.41) is 8.43. The number of carbonyl (C=O) groups is 2. The molecule has 2 aliphatic heterocycles. The largest absolute Gasteiger partial charge is 0.353 e. The molecular formula is C22H28N6O2. The molecule has 2 unspecified atom stereocenters. The lowest BCUT2D eigenvalue weighted by atomic mass is 10.2. The van der Waals surface area contributed by atoms with Crippen LogP contribution in [0.3, 0.4) is 0 Å². The van der Waals surface area contributed by atoms with Crippen molar-refractivity contribution in [1.29, 1.82) is 0 Å². The number of pyridine rings is 1. The zero-order valence-corrected chi connectivity index (χ0v) is 17.8. The number of nitrogens with zero attached hydrogens (tertiary/aromatic N) is 6. The third kappa shape index (κ3) is 3.86. The Hall–Kier alpha value is -3.03. The predicted molar refractivity (Wildman–Crippen MR) is 115 cm³/mol. The third-order valence-electron chi connectivity index (χ3n) is 6.06. The Balaban J connectivity index is 1.40. The van der Waals surface area contributed by atoms with Gasteiger partial charge in [0.15, 0.2) is 11.5 Å². The maximum atomic E-state index is 12.9. The molecule has 30 heavy (non-hydrogen) atoms. The quantitative estimate of drug-likeness (QED) is 0.716. The smallest absolute Gasteiger partial charge is 0.274 e. The van der Waals surface area contributed by atoms with Crippen molar-refractivity contribution in [2.24, 2.45) is 0 Å². The summed E-state index contributed by atoms with van der Waals surface area (Å²) < 4.78 is 0. The molecule has 158 valence electrons. The molecule has 2 fully saturated rings. The molecular weight excluding hydrogens is 380 g/mol. The van der Waals surface area contributed by atoms with Crippen molar-refractivity contribution in [3.8, 4) is 0 Å². The Labute approximate surface area is 176 Å². The van der Waals surface area contributed by atoms with E-state index in [1.54, 1.807) is 12.1 Å². The van der Waals surface area contributed by atoms with Gasteiger partial charge in [0.05, 0.1) is 6.04 Å². The molecule has 2 saturated heterocycles. The minimum atomic E-state index is -0.164. The highest BCUT2D eigenvalue weighted by Crippen LogP contribution is 2.28. The van der Waals surface area contributed by atoms with Gasteiger partial charge in [0.1, 0.15) is 12.1 Å². The first-order valence-corrected chi connectivity index (χ1v) is 10.5. The van der Waals surface area contributed by atoms with Gasteiger partial charge >= 0.3 is 0 Å². The lowest BCUT2D eigenvalue weighted by molar-refractivity contribution is -0.108. The summed E-state index contributed by atoms with van der Waals surface area (Å²) in [6.45, 7) is 8.90. The number of amides is 1. The summed E-state index contributed by atoms with van der Waals surface area (Å²) >= 11 is 0. The fraction of sp³-hybridized carbons (Fsp3) is 0.500. The van der Waals surface area contributed by atoms with Crippen LogP contribution in [0.25, 0.3) is 0 Å². The molecule has 8 nitrogen and oxygen atoms in total. The zero-order valence-electron chi connectivity index (χ0n) is 17.8. The fourth-order valence-electron chi connectivity index (χ4n) is 4.45. The van der Waals surface area contributed by atoms with Crippen molar-refractivity contribution in [2.45, 2.75) is 45.7 Å². The van der Waals surface area contributed by atoms with E-state index in [0.717, 1.165) is 49.2 Å². The van der Waals surface area contributed by atoms with Crippen LogP contribution in [0.1, 0.15) is 41.4 Å². The Morgan fingerprint density at radius 3 is 2.50 bits per heavy atom. The van der Waals surface area contributed by atoms with E-state index < -0.39 is 0 Å². The lowest BCUT2D eigenvalue weighted by Gasteiger charge is -2.36. The van der Waals surface area contributed by atoms with Crippen molar-refractivity contribution < 1.29 is 9.59 Å². The van der Waals surface area contributed by atoms with Crippen LogP contribution < -0.4 is 9.80 Å². The molecule has 4 rings (SSSR count). The SMILES string of the molecule is Cc1cnc(N2CCN(C(=O)c3ccc(N4C(C)CCC4C=O)nn3)CC2)c(C)c1. The highest BCUT2D eigenvalue weighted by atomic mass is 16.2. The Kier molecular flexibility index (Phi) is 5.65. The van der Waals surface area contributed by atoms with Crippen molar-refractivity contribution in [2.75, 3.05) is 36.0 Å². The molecule has 0 radical (unpaired) electrons. The van der Waals surface area contributed by atoms with Gasteiger partial charge in [-0.25, -0.2) is 4.98 Å². The van der Waals surface area contributed by atoms with Crippen LogP contribution in [-0.2, 0) is 4.79 Å². The number of piperazine rings is 1. The van der Waals surface area contributed by atoms with Gasteiger partial charge in [-0.05, 0) is 56.9 Å². The van der Waals surface area contributed by atoms with Crippen LogP contribution in [-0.4, -0.2) is 70.5 Å². The number of aryl methyl sites for hydroxylation is 2. The summed E-state index contributed by atoms with van der Waals surface area (Å²) in [6, 6.07) is 5.72. The van der Waals surface area contributed by atoms with E-state index in [9.17, 15) is 9.59 Å². The molecule has 1 amide bonds. The second-order valence-electron chi connectivity index (χ2n) is 8.25. The van der Waals surface area contributed by atoms with E-state index in [1.807, 2.05) is 22.9 Å². The molecule has 0 bridgehead atoms. The lowest BCUT2D eigenvalue weighted by Crippen LogP contribution is -2.49. The molecule has 4 heterocycles. The molecule has 2 aromatic rings. The topological polar surface area (TPSA) is 82.5 Å². The molecule has 0 aliphatic carbocycles. The Bertz CT molecular complexity index is 924. The normalized spacial score (nSPS) is 21.8. The summed E-state index contributed by atoms with van der Waals surface area (Å²) in [5.74, 6) is 1.53. The van der Waals surface area contributed by atoms with Gasteiger partial charge in [-0.3, -0.25) is 4.79 Å². The highest BCUT2D eigenvalue weighted by Gasteiger charge is 2.32. The summed E-state index contributed by atoms with van der Waals surface area (Å²) in [4.78, 5) is 34.8. The van der Waals surface area contributed by atoms with E-state index in [1.165, 1.54) is 0 Å². The minimum Gasteiger partial charge on any atom is -0.353 e. The van der Waals surface area contributed by atoms with E-state index in [0.29, 0.717) is 24.6 Å². The first kappa shape index (κ1) is 20.3. The van der Waals surface area contributed by atoms with Gasteiger partial charge in [0.25, 0.3) is 5.91 Å². The molecule has 0 N–H and O–H groups in total. The third-order valence-corrected chi connectivity index (χ3v) is 6.06. The minimum absolute atomic E-state index is 0.108. The molecule has 2 aliphatic rings. The standard InChI is InChI=1S/C22H28N6O2/c1-15-12-16(2)21(23-13-15)26-8-10-27(11-9-26)22(30)19-6-7-20(25-24-19)28-17(3)4-5-18(28)14-29/h6-7,12-14,17-18H,4-5,8-11H2,1-3H3. The molecule has 0 spiro atoms. The Morgan fingerprint density at radius 1 is 1.10 bits per heavy atom. The number of aromatic nitrogens is 3. The second kappa shape index (κ2) is 8.38. The van der Waals surface area contributed by atoms with Crippen molar-refractivity contribution in [1.82, 2.24) is 20.1 Å².